The van der Waals surface area contributed by atoms with Gasteiger partial charge in [-0.1, -0.05) is 0 Å². The third kappa shape index (κ3) is 3.61. The molecule has 10 nitrogen and oxygen atoms in total. The normalized spacial score (nSPS) is 18.2. The number of aromatic amines is 1. The van der Waals surface area contributed by atoms with E-state index in [2.05, 4.69) is 20.1 Å². The van der Waals surface area contributed by atoms with E-state index in [0.717, 1.165) is 36.8 Å². The Morgan fingerprint density at radius 3 is 2.76 bits per heavy atom. The second-order valence-electron chi connectivity index (χ2n) is 8.45. The second kappa shape index (κ2) is 8.31. The van der Waals surface area contributed by atoms with E-state index in [1.807, 2.05) is 12.1 Å². The van der Waals surface area contributed by atoms with Crippen LogP contribution in [-0.2, 0) is 19.6 Å². The second-order valence-corrected chi connectivity index (χ2v) is 9.58. The van der Waals surface area contributed by atoms with Crippen molar-refractivity contribution in [3.63, 3.8) is 0 Å². The van der Waals surface area contributed by atoms with Crippen molar-refractivity contribution in [2.45, 2.75) is 39.0 Å². The number of piperazine rings is 1. The minimum Gasteiger partial charge on any atom is -0.355 e. The van der Waals surface area contributed by atoms with Crippen LogP contribution in [0.2, 0.25) is 0 Å². The minimum atomic E-state index is -0.372. The molecule has 1 amide bonds. The van der Waals surface area contributed by atoms with Crippen LogP contribution in [0.25, 0.3) is 10.2 Å². The first-order valence-electron chi connectivity index (χ1n) is 11.1. The smallest absolute Gasteiger partial charge is 0.328 e. The molecule has 174 valence electrons. The van der Waals surface area contributed by atoms with E-state index in [9.17, 15) is 19.2 Å². The Bertz CT molecular complexity index is 1420. The summed E-state index contributed by atoms with van der Waals surface area (Å²) in [6, 6.07) is 5.67. The van der Waals surface area contributed by atoms with E-state index in [1.165, 1.54) is 23.0 Å². The molecule has 33 heavy (non-hydrogen) atoms. The van der Waals surface area contributed by atoms with Crippen LogP contribution in [0.1, 0.15) is 28.6 Å². The van der Waals surface area contributed by atoms with E-state index < -0.39 is 0 Å². The van der Waals surface area contributed by atoms with Gasteiger partial charge in [0.1, 0.15) is 16.1 Å². The Morgan fingerprint density at radius 2 is 2.00 bits per heavy atom. The van der Waals surface area contributed by atoms with Gasteiger partial charge in [-0.15, -0.1) is 11.3 Å². The summed E-state index contributed by atoms with van der Waals surface area (Å²) < 4.78 is 3.51. The Labute approximate surface area is 193 Å². The maximum absolute atomic E-state index is 12.8. The van der Waals surface area contributed by atoms with Crippen LogP contribution in [0, 0.1) is 0 Å². The number of amides is 1. The molecular formula is C22H26N6O4S. The Balaban J connectivity index is 1.35. The average Bonchev–Trinajstić information content (AvgIpc) is 3.21. The maximum atomic E-state index is 12.8. The van der Waals surface area contributed by atoms with Crippen LogP contribution < -0.4 is 27.0 Å². The summed E-state index contributed by atoms with van der Waals surface area (Å²) in [5.74, 6) is 0.501. The fourth-order valence-corrected chi connectivity index (χ4v) is 6.01. The average molecular weight is 471 g/mol. The van der Waals surface area contributed by atoms with Crippen LogP contribution in [0.4, 0.5) is 5.82 Å². The molecule has 0 aliphatic carbocycles. The van der Waals surface area contributed by atoms with Gasteiger partial charge in [-0.3, -0.25) is 28.4 Å². The molecule has 0 bridgehead atoms. The summed E-state index contributed by atoms with van der Waals surface area (Å²) in [5.41, 5.74) is -0.0781. The Kier molecular flexibility index (Phi) is 5.45. The number of pyridine rings is 1. The van der Waals surface area contributed by atoms with Crippen molar-refractivity contribution >= 4 is 33.3 Å². The molecule has 0 aromatic carbocycles. The predicted octanol–water partition coefficient (Wildman–Crippen LogP) is 0.387. The van der Waals surface area contributed by atoms with E-state index in [1.54, 1.807) is 17.6 Å². The van der Waals surface area contributed by atoms with Crippen molar-refractivity contribution in [1.29, 1.82) is 0 Å². The first-order chi connectivity index (χ1) is 15.9. The largest absolute Gasteiger partial charge is 0.355 e. The van der Waals surface area contributed by atoms with E-state index >= 15 is 0 Å². The maximum Gasteiger partial charge on any atom is 0.328 e. The fraction of sp³-hybridized carbons (Fsp3) is 0.455. The Hall–Kier alpha value is -3.18. The lowest BCUT2D eigenvalue weighted by atomic mass is 10.0. The van der Waals surface area contributed by atoms with Crippen molar-refractivity contribution in [2.75, 3.05) is 31.6 Å². The summed E-state index contributed by atoms with van der Waals surface area (Å²) in [6.07, 6.45) is 0.821. The van der Waals surface area contributed by atoms with Gasteiger partial charge in [0, 0.05) is 57.2 Å². The topological polar surface area (TPSA) is 112 Å². The summed E-state index contributed by atoms with van der Waals surface area (Å²) in [5, 5.41) is 2.52. The number of carbonyl (C=O) groups excluding carboxylic acids is 1. The number of aromatic nitrogens is 3. The SMILES string of the molecule is CCn1c(=O)[nH]c2cc(CN3CCN4c5ccc(C(=O)NC)c(=O)n5CCC4C3)sc2c1=O. The molecule has 0 saturated carbocycles. The number of nitrogens with zero attached hydrogens (tertiary/aromatic N) is 4. The molecule has 1 atom stereocenters. The zero-order valence-corrected chi connectivity index (χ0v) is 19.4. The van der Waals surface area contributed by atoms with Gasteiger partial charge in [-0.05, 0) is 31.5 Å². The van der Waals surface area contributed by atoms with E-state index in [4.69, 9.17) is 0 Å². The summed E-state index contributed by atoms with van der Waals surface area (Å²) >= 11 is 1.44. The summed E-state index contributed by atoms with van der Waals surface area (Å²) in [7, 11) is 1.52. The standard InChI is InChI=1S/C22H26N6O4S/c1-3-26-21(31)18-16(24-22(26)32)10-14(33-18)12-25-8-9-27-13(11-25)6-7-28-17(27)5-4-15(20(28)30)19(29)23-2/h4-5,10,13H,3,6-9,11-12H2,1-2H3,(H,23,29)(H,24,32). The Morgan fingerprint density at radius 1 is 1.18 bits per heavy atom. The molecule has 3 aromatic rings. The molecule has 11 heteroatoms. The van der Waals surface area contributed by atoms with Gasteiger partial charge in [0.05, 0.1) is 5.52 Å². The number of hydrogen-bond acceptors (Lipinski definition) is 7. The molecule has 0 spiro atoms. The van der Waals surface area contributed by atoms with Gasteiger partial charge < -0.3 is 15.2 Å². The number of hydrogen-bond donors (Lipinski definition) is 2. The third-order valence-electron chi connectivity index (χ3n) is 6.57. The zero-order valence-electron chi connectivity index (χ0n) is 18.6. The number of H-pyrrole nitrogens is 1. The molecule has 1 saturated heterocycles. The van der Waals surface area contributed by atoms with E-state index in [-0.39, 0.29) is 34.3 Å². The van der Waals surface area contributed by atoms with Gasteiger partial charge in [-0.2, -0.15) is 0 Å². The highest BCUT2D eigenvalue weighted by molar-refractivity contribution is 7.18. The van der Waals surface area contributed by atoms with Crippen LogP contribution in [0.3, 0.4) is 0 Å². The predicted molar refractivity (Wildman–Crippen MR) is 127 cm³/mol. The van der Waals surface area contributed by atoms with Crippen molar-refractivity contribution < 1.29 is 4.79 Å². The molecule has 2 N–H and O–H groups in total. The van der Waals surface area contributed by atoms with Crippen LogP contribution in [0.15, 0.2) is 32.6 Å². The summed E-state index contributed by atoms with van der Waals surface area (Å²) in [6.45, 7) is 5.84. The molecule has 1 unspecified atom stereocenters. The number of anilines is 1. The first-order valence-corrected chi connectivity index (χ1v) is 11.9. The lowest BCUT2D eigenvalue weighted by Crippen LogP contribution is -2.56. The summed E-state index contributed by atoms with van der Waals surface area (Å²) in [4.78, 5) is 57.9. The fourth-order valence-electron chi connectivity index (χ4n) is 4.91. The molecule has 3 aromatic heterocycles. The highest BCUT2D eigenvalue weighted by Crippen LogP contribution is 2.29. The number of nitrogens with one attached hydrogen (secondary N) is 2. The zero-order chi connectivity index (χ0) is 23.3. The van der Waals surface area contributed by atoms with Gasteiger partial charge in [0.25, 0.3) is 17.0 Å². The van der Waals surface area contributed by atoms with Gasteiger partial charge in [0.15, 0.2) is 0 Å². The van der Waals surface area contributed by atoms with Gasteiger partial charge >= 0.3 is 5.69 Å². The van der Waals surface area contributed by atoms with Crippen molar-refractivity contribution in [3.8, 4) is 0 Å². The quantitative estimate of drug-likeness (QED) is 0.571. The molecule has 5 rings (SSSR count). The molecule has 5 heterocycles. The van der Waals surface area contributed by atoms with Gasteiger partial charge in [-0.25, -0.2) is 4.79 Å². The van der Waals surface area contributed by atoms with Crippen LogP contribution >= 0.6 is 11.3 Å². The minimum absolute atomic E-state index is 0.170. The molecule has 0 radical (unpaired) electrons. The molecule has 1 fully saturated rings. The third-order valence-corrected chi connectivity index (χ3v) is 7.68. The number of rotatable bonds is 4. The van der Waals surface area contributed by atoms with Crippen molar-refractivity contribution in [1.82, 2.24) is 24.3 Å². The lowest BCUT2D eigenvalue weighted by Gasteiger charge is -2.46. The molecule has 2 aliphatic rings. The molecule has 2 aliphatic heterocycles. The highest BCUT2D eigenvalue weighted by Gasteiger charge is 2.33. The monoisotopic (exact) mass is 470 g/mol. The van der Waals surface area contributed by atoms with Crippen LogP contribution in [0.5, 0.6) is 0 Å². The number of carbonyl (C=O) groups is 1. The van der Waals surface area contributed by atoms with Crippen LogP contribution in [-0.4, -0.2) is 57.6 Å². The first kappa shape index (κ1) is 21.7. The number of fused-ring (bicyclic) bond motifs is 4. The molecular weight excluding hydrogens is 444 g/mol. The highest BCUT2D eigenvalue weighted by atomic mass is 32.1. The van der Waals surface area contributed by atoms with Crippen molar-refractivity contribution in [3.05, 3.63) is 59.8 Å². The van der Waals surface area contributed by atoms with E-state index in [0.29, 0.717) is 29.9 Å². The lowest BCUT2D eigenvalue weighted by molar-refractivity contribution is 0.0960. The number of thiophene rings is 1. The van der Waals surface area contributed by atoms with Crippen molar-refractivity contribution in [2.24, 2.45) is 0 Å². The van der Waals surface area contributed by atoms with Gasteiger partial charge in [0.2, 0.25) is 0 Å².